The minimum Gasteiger partial charge on any atom is -0.493 e. The van der Waals surface area contributed by atoms with Crippen LogP contribution in [0.1, 0.15) is 326 Å². The van der Waals surface area contributed by atoms with Crippen molar-refractivity contribution in [3.63, 3.8) is 0 Å². The van der Waals surface area contributed by atoms with Crippen LogP contribution in [0.3, 0.4) is 0 Å². The van der Waals surface area contributed by atoms with E-state index in [1.165, 1.54) is 55.8 Å². The van der Waals surface area contributed by atoms with Crippen molar-refractivity contribution in [3.8, 4) is 46.0 Å². The molecule has 4 fully saturated rings. The lowest BCUT2D eigenvalue weighted by Crippen LogP contribution is -2.51. The molecule has 0 amide bonds. The Labute approximate surface area is 817 Å². The number of esters is 4. The zero-order valence-corrected chi connectivity index (χ0v) is 68.7. The van der Waals surface area contributed by atoms with Gasteiger partial charge in [0.1, 0.15) is 48.4 Å². The topological polar surface area (TPSA) is 296 Å². The molecule has 4 saturated heterocycles. The van der Waals surface area contributed by atoms with Gasteiger partial charge in [-0.3, -0.25) is 38.8 Å². The SMILES string of the molecule is [2H]c1c2c(c([2H])c(OC)c1OC([2H])([2H])[2H])C1([2H])N(CC2)C([2H])([2H])C([2H])(CC(C)C)C(OC(=O)[C@@]([2H])(N)C([2H])(C([2H])([2H])[2H])C([2H])([2H])[2H])C1([2H])[2H].[2H]c1c2c(c([2H])c(OC)c1OC([2H])([2H])[2H])C1N(CC2)C([2H])([2H])C([2H])(CC(C)C)C([2H])(OC(=O)[C@@]([2H])(N)C([2H])(C([2H])([2H])[2H])C([2H])([2H])[2H])C1([2H])[2H].[2H]c1c2c(c([2H])c(OC)c1OC)C1([2H])N(CC2)C([2H])([2H])C([2H])(CC(C)C)C(OC(=O)[C@@]([2H])(N)C([2H])(C([2H])([2H])[2H])C([2H])([2H])[2H])C1([2H])[2H].[2H]c1c2c(c([2H])c(OC)c1OC)C1N(CC2)C([2H])([2H])C([2H])(CC(C)C)C([2H])(OC(=O)[C@@]([2H])(N)C([2H])(C([2H])([2H])[2H])C([2H])([2H])[2H])C1([2H])[2H]. The summed E-state index contributed by atoms with van der Waals surface area (Å²) >= 11 is 0. The van der Waals surface area contributed by atoms with Gasteiger partial charge in [0.15, 0.2) is 46.0 Å². The summed E-state index contributed by atoms with van der Waals surface area (Å²) in [6.07, 6.45) is -30.5. The van der Waals surface area contributed by atoms with Gasteiger partial charge < -0.3 is 79.8 Å². The maximum atomic E-state index is 13.7. The van der Waals surface area contributed by atoms with Gasteiger partial charge in [-0.05, 0) is 191 Å². The third-order valence-corrected chi connectivity index (χ3v) is 18.7. The standard InChI is InChI=1S/4C24H38N2O4/c4*1-14(2)9-17-13-26-8-7-16-10-21(28-5)22(29-6)11-18(16)19(26)12-20(17)30-24(27)23(25)15(3)4/h4*10-11,14-15,17,19-20,23H,7-9,12-13,25H2,1-6H3/t4*17?,19?,20?,23-/m0000/s1/i3D3,4D3,5D3,10D,11D,12D2,13D2,15D,17D,20D,23D;3D3,4D3,5D3,10D,11D,12D2,13D2,15D,17D,19D,23D;3D3,4D3,10D,11D,12D2,13D2,15D,17D,20D,23D;3D3,4D3,10D,11D,12D2,13D2,15D,17D,19D,23D. The highest BCUT2D eigenvalue weighted by Crippen LogP contribution is 2.50. The number of carbonyl (C=O) groups is 4. The molecule has 12 rings (SSSR count). The normalized spacial score (nSPS) is 44.1. The number of rotatable bonds is 28. The summed E-state index contributed by atoms with van der Waals surface area (Å²) in [5.74, 6) is -44.3. The van der Waals surface area contributed by atoms with Gasteiger partial charge in [-0.25, -0.2) is 0 Å². The maximum absolute atomic E-state index is 13.7. The Kier molecular flexibility index (Phi) is 14.2. The van der Waals surface area contributed by atoms with Gasteiger partial charge in [0, 0.05) is 191 Å². The highest BCUT2D eigenvalue weighted by Gasteiger charge is 2.47. The highest BCUT2D eigenvalue weighted by molar-refractivity contribution is 5.77. The van der Waals surface area contributed by atoms with Crippen LogP contribution in [0.4, 0.5) is 0 Å². The van der Waals surface area contributed by atoms with Crippen molar-refractivity contribution >= 4 is 23.9 Å². The zero-order valence-electron chi connectivity index (χ0n) is 139. The molecular formula is C96H152N8O16. The number of hydrogen-bond acceptors (Lipinski definition) is 24. The second kappa shape index (κ2) is 43.9. The van der Waals surface area contributed by atoms with E-state index in [0.29, 0.717) is 9.80 Å². The number of methoxy groups -OCH3 is 8. The van der Waals surface area contributed by atoms with Crippen molar-refractivity contribution in [2.24, 2.45) is 93.8 Å². The molecule has 24 nitrogen and oxygen atoms in total. The highest BCUT2D eigenvalue weighted by atomic mass is 16.6. The fourth-order valence-corrected chi connectivity index (χ4v) is 13.2. The Bertz CT molecular complexity index is 7340. The van der Waals surface area contributed by atoms with Crippen LogP contribution in [0.15, 0.2) is 48.3 Å². The summed E-state index contributed by atoms with van der Waals surface area (Å²) in [4.78, 5) is 57.8. The van der Waals surface area contributed by atoms with E-state index in [-0.39, 0.29) is 95.1 Å². The van der Waals surface area contributed by atoms with Crippen LogP contribution < -0.4 is 60.8 Å². The van der Waals surface area contributed by atoms with Crippen molar-refractivity contribution in [1.82, 2.24) is 19.6 Å². The van der Waals surface area contributed by atoms with Crippen molar-refractivity contribution in [3.05, 3.63) is 92.8 Å². The van der Waals surface area contributed by atoms with E-state index in [1.807, 2.05) is 0 Å². The molecule has 0 radical (unpaired) electrons. The first kappa shape index (κ1) is 38.8. The van der Waals surface area contributed by atoms with E-state index in [9.17, 15) is 46.6 Å². The molecule has 8 heterocycles. The quantitative estimate of drug-likeness (QED) is 0.0303. The molecule has 0 saturated carbocycles. The number of benzene rings is 4. The molecule has 16 atom stereocenters. The second-order valence-corrected chi connectivity index (χ2v) is 29.3. The fraction of sp³-hybridized carbons (Fsp3) is 0.708. The van der Waals surface area contributed by atoms with Gasteiger partial charge in [0.2, 0.25) is 0 Å². The molecule has 4 aromatic rings. The first-order chi connectivity index (χ1) is 84.3. The molecule has 12 unspecified atom stereocenters. The molecule has 4 aromatic carbocycles. The van der Waals surface area contributed by atoms with Gasteiger partial charge in [-0.2, -0.15) is 0 Å². The number of fused-ring (bicyclic) bond motifs is 12. The summed E-state index contributed by atoms with van der Waals surface area (Å²) in [5, 5.41) is 0. The fourth-order valence-electron chi connectivity index (χ4n) is 13.2. The van der Waals surface area contributed by atoms with Crippen LogP contribution in [-0.2, 0) is 63.8 Å². The Balaban J connectivity index is 0.000000275. The number of carbonyl (C=O) groups excluding carboxylic acids is 4. The Morgan fingerprint density at radius 1 is 0.375 bits per heavy atom. The molecule has 0 spiro atoms. The Morgan fingerprint density at radius 3 is 0.908 bits per heavy atom. The van der Waals surface area contributed by atoms with E-state index >= 15 is 0 Å². The smallest absolute Gasteiger partial charge is 0.323 e. The van der Waals surface area contributed by atoms with Gasteiger partial charge in [0.05, 0.1) is 86.9 Å². The Hall–Kier alpha value is -7.16. The van der Waals surface area contributed by atoms with Crippen molar-refractivity contribution in [1.29, 1.82) is 0 Å². The molecular weight excluding hydrogens is 1520 g/mol. The van der Waals surface area contributed by atoms with E-state index in [4.69, 9.17) is 148 Å². The minimum atomic E-state index is -4.14. The molecule has 24 heteroatoms. The monoisotopic (exact) mass is 1740 g/mol. The van der Waals surface area contributed by atoms with Crippen LogP contribution in [0.25, 0.3) is 0 Å². The molecule has 672 valence electrons. The van der Waals surface area contributed by atoms with Crippen molar-refractivity contribution < 1.29 is 172 Å². The van der Waals surface area contributed by atoms with Gasteiger partial charge in [-0.1, -0.05) is 110 Å². The van der Waals surface area contributed by atoms with Gasteiger partial charge >= 0.3 is 23.9 Å². The lowest BCUT2D eigenvalue weighted by Gasteiger charge is -2.47. The summed E-state index contributed by atoms with van der Waals surface area (Å²) < 4.78 is 652. The van der Waals surface area contributed by atoms with E-state index in [0.717, 1.165) is 38.2 Å². The average molecular weight is 1740 g/mol. The summed E-state index contributed by atoms with van der Waals surface area (Å²) in [6.45, 7) is -33.8. The van der Waals surface area contributed by atoms with Gasteiger partial charge in [0.25, 0.3) is 0 Å². The summed E-state index contributed by atoms with van der Waals surface area (Å²) in [5.41, 5.74) is 20.0. The zero-order chi connectivity index (χ0) is 149. The average Bonchev–Trinajstić information content (AvgIpc) is 0.663. The number of ether oxygens (including phenoxy) is 12. The third kappa shape index (κ3) is 23.8. The first-order valence-electron chi connectivity index (χ1n) is 72.7. The van der Waals surface area contributed by atoms with E-state index < -0.39 is 409 Å². The lowest BCUT2D eigenvalue weighted by molar-refractivity contribution is -0.161. The molecule has 8 N–H and O–H groups in total. The molecule has 8 aliphatic heterocycles. The van der Waals surface area contributed by atoms with E-state index in [2.05, 4.69) is 0 Å². The van der Waals surface area contributed by atoms with Crippen LogP contribution in [0.2, 0.25) is 0 Å². The molecule has 8 aliphatic rings. The molecule has 0 aromatic heterocycles. The van der Waals surface area contributed by atoms with Crippen LogP contribution in [0.5, 0.6) is 46.0 Å². The predicted molar refractivity (Wildman–Crippen MR) is 471 cm³/mol. The van der Waals surface area contributed by atoms with Crippen LogP contribution in [-0.4, -0.2) is 201 Å². The first-order valence-corrected chi connectivity index (χ1v) is 37.7. The van der Waals surface area contributed by atoms with Gasteiger partial charge in [-0.15, -0.1) is 0 Å². The second-order valence-electron chi connectivity index (χ2n) is 29.3. The lowest BCUT2D eigenvalue weighted by atomic mass is 9.79. The van der Waals surface area contributed by atoms with Crippen molar-refractivity contribution in [2.75, 3.05) is 109 Å². The third-order valence-electron chi connectivity index (χ3n) is 18.7. The minimum absolute atomic E-state index is 0.0298. The van der Waals surface area contributed by atoms with E-state index in [1.54, 1.807) is 13.8 Å². The number of hydrogen-bond donors (Lipinski definition) is 4. The molecule has 0 bridgehead atoms. The Morgan fingerprint density at radius 2 is 0.625 bits per heavy atom. The number of nitrogens with two attached hydrogens (primary N) is 4. The van der Waals surface area contributed by atoms with Crippen LogP contribution >= 0.6 is 0 Å². The van der Waals surface area contributed by atoms with Crippen molar-refractivity contribution in [2.45, 2.75) is 260 Å². The summed E-state index contributed by atoms with van der Waals surface area (Å²) in [6, 6.07) is -31.6. The van der Waals surface area contributed by atoms with Crippen LogP contribution in [0, 0.1) is 70.8 Å². The number of nitrogens with zero attached hydrogens (tertiary/aromatic N) is 4. The predicted octanol–water partition coefficient (Wildman–Crippen LogP) is 14.3. The molecule has 120 heavy (non-hydrogen) atoms. The summed E-state index contributed by atoms with van der Waals surface area (Å²) in [7, 11) is 0.390. The number of piperidine rings is 4. The largest absolute Gasteiger partial charge is 0.493 e. The molecule has 0 aliphatic carbocycles. The maximum Gasteiger partial charge on any atom is 0.323 e.